The highest BCUT2D eigenvalue weighted by Gasteiger charge is 2.53. The summed E-state index contributed by atoms with van der Waals surface area (Å²) in [5.74, 6) is 0.218. The van der Waals surface area contributed by atoms with Crippen LogP contribution in [0.1, 0.15) is 77.6 Å². The molecule has 1 amide bonds. The number of hydroxylamine groups is 2. The third kappa shape index (κ3) is 2.80. The molecule has 0 aliphatic heterocycles. The summed E-state index contributed by atoms with van der Waals surface area (Å²) in [7, 11) is 0. The van der Waals surface area contributed by atoms with Crippen molar-refractivity contribution in [2.24, 2.45) is 11.3 Å². The molecular weight excluding hydrogens is 278 g/mol. The van der Waals surface area contributed by atoms with E-state index in [9.17, 15) is 9.59 Å². The number of allylic oxidation sites excluding steroid dienone is 1. The number of amides is 1. The first-order chi connectivity index (χ1) is 10.7. The highest BCUT2D eigenvalue weighted by Crippen LogP contribution is 2.55. The van der Waals surface area contributed by atoms with E-state index in [2.05, 4.69) is 0 Å². The molecule has 0 atom stereocenters. The van der Waals surface area contributed by atoms with E-state index in [1.165, 1.54) is 23.5 Å². The topological polar surface area (TPSA) is 46.6 Å². The van der Waals surface area contributed by atoms with Gasteiger partial charge >= 0.3 is 5.97 Å². The van der Waals surface area contributed by atoms with Gasteiger partial charge in [-0.25, -0.2) is 4.79 Å². The molecule has 0 aromatic heterocycles. The average Bonchev–Trinajstić information content (AvgIpc) is 2.33. The van der Waals surface area contributed by atoms with E-state index in [1.807, 2.05) is 6.92 Å². The molecule has 122 valence electrons. The zero-order valence-corrected chi connectivity index (χ0v) is 13.6. The molecule has 3 fully saturated rings. The molecule has 0 aromatic rings. The number of hydrogen-bond donors (Lipinski definition) is 0. The maximum Gasteiger partial charge on any atom is 0.339 e. The van der Waals surface area contributed by atoms with Crippen LogP contribution < -0.4 is 0 Å². The zero-order chi connectivity index (χ0) is 15.6. The SMILES string of the molecule is CCCC(=O)N(C=C1CCC1)OC(=O)C1(C2CCC2)CCC1. The van der Waals surface area contributed by atoms with Crippen molar-refractivity contribution in [3.05, 3.63) is 11.8 Å². The predicted octanol–water partition coefficient (Wildman–Crippen LogP) is 4.11. The standard InChI is InChI=1S/C18H27NO3/c1-2-6-16(20)19(13-14-7-3-8-14)22-17(21)18(11-5-12-18)15-9-4-10-15/h13,15H,2-12H2,1H3. The second kappa shape index (κ2) is 6.43. The fourth-order valence-corrected chi connectivity index (χ4v) is 3.63. The average molecular weight is 305 g/mol. The Kier molecular flexibility index (Phi) is 4.55. The first-order valence-electron chi connectivity index (χ1n) is 8.90. The van der Waals surface area contributed by atoms with Crippen molar-refractivity contribution < 1.29 is 14.4 Å². The fourth-order valence-electron chi connectivity index (χ4n) is 3.63. The summed E-state index contributed by atoms with van der Waals surface area (Å²) in [4.78, 5) is 30.6. The van der Waals surface area contributed by atoms with Crippen molar-refractivity contribution in [3.8, 4) is 0 Å². The van der Waals surface area contributed by atoms with Crippen LogP contribution in [0.4, 0.5) is 0 Å². The normalized spacial score (nSPS) is 22.9. The highest BCUT2D eigenvalue weighted by atomic mass is 16.7. The summed E-state index contributed by atoms with van der Waals surface area (Å²) in [6.07, 6.45) is 12.6. The summed E-state index contributed by atoms with van der Waals surface area (Å²) >= 11 is 0. The summed E-state index contributed by atoms with van der Waals surface area (Å²) in [6.45, 7) is 1.97. The first kappa shape index (κ1) is 15.6. The van der Waals surface area contributed by atoms with Gasteiger partial charge in [0.2, 0.25) is 0 Å². The molecule has 0 N–H and O–H groups in total. The molecule has 0 spiro atoms. The minimum atomic E-state index is -0.291. The lowest BCUT2D eigenvalue weighted by molar-refractivity contribution is -0.208. The van der Waals surface area contributed by atoms with E-state index in [-0.39, 0.29) is 17.3 Å². The summed E-state index contributed by atoms with van der Waals surface area (Å²) < 4.78 is 0. The number of rotatable bonds is 5. The monoisotopic (exact) mass is 305 g/mol. The third-order valence-electron chi connectivity index (χ3n) is 5.73. The predicted molar refractivity (Wildman–Crippen MR) is 83.4 cm³/mol. The molecule has 3 aliphatic rings. The second-order valence-corrected chi connectivity index (χ2v) is 7.13. The first-order valence-corrected chi connectivity index (χ1v) is 8.90. The van der Waals surface area contributed by atoms with Crippen molar-refractivity contribution in [1.29, 1.82) is 0 Å². The van der Waals surface area contributed by atoms with Crippen LogP contribution in [0.25, 0.3) is 0 Å². The van der Waals surface area contributed by atoms with E-state index in [0.717, 1.165) is 51.4 Å². The lowest BCUT2D eigenvalue weighted by Crippen LogP contribution is -2.50. The van der Waals surface area contributed by atoms with Crippen LogP contribution in [-0.2, 0) is 14.4 Å². The van der Waals surface area contributed by atoms with Gasteiger partial charge in [0.25, 0.3) is 5.91 Å². The molecule has 0 radical (unpaired) electrons. The number of carbonyl (C=O) groups is 2. The van der Waals surface area contributed by atoms with Crippen molar-refractivity contribution in [3.63, 3.8) is 0 Å². The smallest absolute Gasteiger partial charge is 0.333 e. The molecule has 3 saturated carbocycles. The van der Waals surface area contributed by atoms with Gasteiger partial charge in [-0.1, -0.05) is 25.3 Å². The van der Waals surface area contributed by atoms with Crippen LogP contribution in [0, 0.1) is 11.3 Å². The molecule has 0 saturated heterocycles. The van der Waals surface area contributed by atoms with Gasteiger partial charge in [-0.15, -0.1) is 5.06 Å². The van der Waals surface area contributed by atoms with Gasteiger partial charge in [0, 0.05) is 12.6 Å². The van der Waals surface area contributed by atoms with Crippen LogP contribution in [0.15, 0.2) is 11.8 Å². The Bertz CT molecular complexity index is 469. The Hall–Kier alpha value is -1.32. The van der Waals surface area contributed by atoms with Crippen LogP contribution in [0.5, 0.6) is 0 Å². The van der Waals surface area contributed by atoms with E-state index in [0.29, 0.717) is 12.3 Å². The van der Waals surface area contributed by atoms with E-state index < -0.39 is 0 Å². The Balaban J connectivity index is 1.68. The largest absolute Gasteiger partial charge is 0.339 e. The molecule has 22 heavy (non-hydrogen) atoms. The van der Waals surface area contributed by atoms with E-state index in [1.54, 1.807) is 6.20 Å². The summed E-state index contributed by atoms with van der Waals surface area (Å²) in [5, 5.41) is 1.25. The minimum absolute atomic E-state index is 0.0988. The zero-order valence-electron chi connectivity index (χ0n) is 13.6. The number of nitrogens with zero attached hydrogens (tertiary/aromatic N) is 1. The maximum atomic E-state index is 12.7. The quantitative estimate of drug-likeness (QED) is 0.718. The maximum absolute atomic E-state index is 12.7. The van der Waals surface area contributed by atoms with E-state index in [4.69, 9.17) is 4.84 Å². The van der Waals surface area contributed by atoms with Gasteiger partial charge in [0.05, 0.1) is 5.41 Å². The van der Waals surface area contributed by atoms with Gasteiger partial charge in [0.1, 0.15) is 0 Å². The van der Waals surface area contributed by atoms with Crippen LogP contribution in [0.2, 0.25) is 0 Å². The Morgan fingerprint density at radius 3 is 2.36 bits per heavy atom. The van der Waals surface area contributed by atoms with Gasteiger partial charge in [-0.2, -0.15) is 0 Å². The highest BCUT2D eigenvalue weighted by molar-refractivity contribution is 5.82. The molecule has 0 bridgehead atoms. The number of hydrogen-bond acceptors (Lipinski definition) is 3. The molecule has 4 heteroatoms. The lowest BCUT2D eigenvalue weighted by atomic mass is 9.55. The van der Waals surface area contributed by atoms with Crippen molar-refractivity contribution >= 4 is 11.9 Å². The van der Waals surface area contributed by atoms with Crippen LogP contribution in [0.3, 0.4) is 0 Å². The van der Waals surface area contributed by atoms with Crippen LogP contribution >= 0.6 is 0 Å². The van der Waals surface area contributed by atoms with Crippen molar-refractivity contribution in [2.75, 3.05) is 0 Å². The van der Waals surface area contributed by atoms with Gasteiger partial charge in [-0.3, -0.25) is 4.79 Å². The molecule has 0 heterocycles. The van der Waals surface area contributed by atoms with Gasteiger partial charge in [0.15, 0.2) is 0 Å². The van der Waals surface area contributed by atoms with E-state index >= 15 is 0 Å². The van der Waals surface area contributed by atoms with Crippen LogP contribution in [-0.4, -0.2) is 16.9 Å². The summed E-state index contributed by atoms with van der Waals surface area (Å²) in [5.41, 5.74) is 0.921. The Morgan fingerprint density at radius 1 is 1.23 bits per heavy atom. The second-order valence-electron chi connectivity index (χ2n) is 7.13. The fraction of sp³-hybridized carbons (Fsp3) is 0.778. The van der Waals surface area contributed by atoms with Crippen molar-refractivity contribution in [1.82, 2.24) is 5.06 Å². The molecule has 3 rings (SSSR count). The Labute approximate surface area is 132 Å². The number of carbonyl (C=O) groups excluding carboxylic acids is 2. The summed E-state index contributed by atoms with van der Waals surface area (Å²) in [6, 6.07) is 0. The van der Waals surface area contributed by atoms with Crippen molar-refractivity contribution in [2.45, 2.75) is 77.6 Å². The van der Waals surface area contributed by atoms with Gasteiger partial charge < -0.3 is 4.84 Å². The lowest BCUT2D eigenvalue weighted by Gasteiger charge is -2.49. The molecule has 3 aliphatic carbocycles. The van der Waals surface area contributed by atoms with Gasteiger partial charge in [-0.05, 0) is 57.3 Å². The molecular formula is C18H27NO3. The third-order valence-corrected chi connectivity index (χ3v) is 5.73. The molecule has 4 nitrogen and oxygen atoms in total. The molecule has 0 aromatic carbocycles. The minimum Gasteiger partial charge on any atom is -0.333 e. The Morgan fingerprint density at radius 2 is 1.95 bits per heavy atom. The molecule has 0 unspecified atom stereocenters.